The molecule has 0 saturated heterocycles. The SMILES string of the molecule is O=C(CCN(CC(O)c1ccc(F)cc1)C1CC1)Nc1ccc(Br)cc1F. The summed E-state index contributed by atoms with van der Waals surface area (Å²) in [5, 5.41) is 13.0. The van der Waals surface area contributed by atoms with Crippen LogP contribution in [-0.4, -0.2) is 35.0 Å². The number of carbonyl (C=O) groups is 1. The summed E-state index contributed by atoms with van der Waals surface area (Å²) in [6.07, 6.45) is 1.50. The van der Waals surface area contributed by atoms with Gasteiger partial charge in [-0.3, -0.25) is 9.69 Å². The lowest BCUT2D eigenvalue weighted by Gasteiger charge is -2.25. The van der Waals surface area contributed by atoms with E-state index >= 15 is 0 Å². The Morgan fingerprint density at radius 2 is 1.93 bits per heavy atom. The minimum atomic E-state index is -0.752. The Labute approximate surface area is 165 Å². The van der Waals surface area contributed by atoms with Crippen molar-refractivity contribution >= 4 is 27.5 Å². The van der Waals surface area contributed by atoms with E-state index in [0.717, 1.165) is 12.8 Å². The molecule has 1 aliphatic rings. The molecule has 1 saturated carbocycles. The molecule has 1 unspecified atom stereocenters. The molecular weight excluding hydrogens is 418 g/mol. The van der Waals surface area contributed by atoms with Crippen molar-refractivity contribution in [1.29, 1.82) is 0 Å². The lowest BCUT2D eigenvalue weighted by molar-refractivity contribution is -0.116. The molecule has 2 aromatic carbocycles. The molecule has 0 bridgehead atoms. The van der Waals surface area contributed by atoms with Crippen LogP contribution in [0.5, 0.6) is 0 Å². The van der Waals surface area contributed by atoms with Crippen LogP contribution < -0.4 is 5.32 Å². The zero-order chi connectivity index (χ0) is 19.4. The van der Waals surface area contributed by atoms with Crippen molar-refractivity contribution in [3.8, 4) is 0 Å². The first-order valence-electron chi connectivity index (χ1n) is 8.85. The lowest BCUT2D eigenvalue weighted by atomic mass is 10.1. The quantitative estimate of drug-likeness (QED) is 0.647. The van der Waals surface area contributed by atoms with E-state index in [4.69, 9.17) is 0 Å². The number of amides is 1. The van der Waals surface area contributed by atoms with Crippen LogP contribution in [0, 0.1) is 11.6 Å². The van der Waals surface area contributed by atoms with Crippen LogP contribution in [0.25, 0.3) is 0 Å². The highest BCUT2D eigenvalue weighted by molar-refractivity contribution is 9.10. The first kappa shape index (κ1) is 19.9. The van der Waals surface area contributed by atoms with Crippen LogP contribution in [-0.2, 0) is 4.79 Å². The van der Waals surface area contributed by atoms with Gasteiger partial charge in [0.05, 0.1) is 11.8 Å². The van der Waals surface area contributed by atoms with Gasteiger partial charge in [-0.25, -0.2) is 8.78 Å². The molecule has 2 N–H and O–H groups in total. The van der Waals surface area contributed by atoms with Gasteiger partial charge in [-0.1, -0.05) is 28.1 Å². The highest BCUT2D eigenvalue weighted by atomic mass is 79.9. The molecular formula is C20H21BrF2N2O2. The fraction of sp³-hybridized carbons (Fsp3) is 0.350. The number of rotatable bonds is 8. The second-order valence-electron chi connectivity index (χ2n) is 6.72. The standard InChI is InChI=1S/C20H21BrF2N2O2/c21-14-3-8-18(17(23)11-14)24-20(27)9-10-25(16-6-7-16)12-19(26)13-1-4-15(22)5-2-13/h1-5,8,11,16,19,26H,6-7,9-10,12H2,(H,24,27). The Morgan fingerprint density at radius 3 is 2.56 bits per heavy atom. The summed E-state index contributed by atoms with van der Waals surface area (Å²) in [6.45, 7) is 0.836. The molecule has 1 amide bonds. The van der Waals surface area contributed by atoms with Gasteiger partial charge in [-0.15, -0.1) is 0 Å². The normalized spacial score (nSPS) is 15.0. The van der Waals surface area contributed by atoms with Crippen molar-refractivity contribution in [3.05, 3.63) is 64.1 Å². The second kappa shape index (κ2) is 8.91. The minimum absolute atomic E-state index is 0.146. The topological polar surface area (TPSA) is 52.6 Å². The summed E-state index contributed by atoms with van der Waals surface area (Å²) in [4.78, 5) is 14.2. The molecule has 144 valence electrons. The summed E-state index contributed by atoms with van der Waals surface area (Å²) >= 11 is 3.18. The highest BCUT2D eigenvalue weighted by Crippen LogP contribution is 2.29. The molecule has 2 aromatic rings. The number of benzene rings is 2. The maximum absolute atomic E-state index is 13.8. The Hall–Kier alpha value is -1.83. The largest absolute Gasteiger partial charge is 0.387 e. The Morgan fingerprint density at radius 1 is 1.22 bits per heavy atom. The number of nitrogens with one attached hydrogen (secondary N) is 1. The second-order valence-corrected chi connectivity index (χ2v) is 7.63. The number of aliphatic hydroxyl groups excluding tert-OH is 1. The van der Waals surface area contributed by atoms with Crippen LogP contribution in [0.4, 0.5) is 14.5 Å². The van der Waals surface area contributed by atoms with Gasteiger partial charge in [-0.2, -0.15) is 0 Å². The van der Waals surface area contributed by atoms with Gasteiger partial charge >= 0.3 is 0 Å². The van der Waals surface area contributed by atoms with Crippen molar-refractivity contribution < 1.29 is 18.7 Å². The van der Waals surface area contributed by atoms with Gasteiger partial charge in [0, 0.05) is 30.0 Å². The molecule has 4 nitrogen and oxygen atoms in total. The van der Waals surface area contributed by atoms with Crippen molar-refractivity contribution in [3.63, 3.8) is 0 Å². The number of hydrogen-bond donors (Lipinski definition) is 2. The monoisotopic (exact) mass is 438 g/mol. The van der Waals surface area contributed by atoms with Gasteiger partial charge in [-0.05, 0) is 48.7 Å². The third-order valence-corrected chi connectivity index (χ3v) is 5.05. The number of halogens is 3. The molecule has 0 spiro atoms. The van der Waals surface area contributed by atoms with Gasteiger partial charge in [0.15, 0.2) is 0 Å². The van der Waals surface area contributed by atoms with E-state index in [9.17, 15) is 18.7 Å². The van der Waals surface area contributed by atoms with E-state index in [-0.39, 0.29) is 23.8 Å². The van der Waals surface area contributed by atoms with Crippen LogP contribution in [0.1, 0.15) is 30.9 Å². The summed E-state index contributed by atoms with van der Waals surface area (Å²) in [5.41, 5.74) is 0.788. The van der Waals surface area contributed by atoms with E-state index in [1.807, 2.05) is 0 Å². The number of hydrogen-bond acceptors (Lipinski definition) is 3. The van der Waals surface area contributed by atoms with E-state index in [1.165, 1.54) is 24.3 Å². The number of nitrogens with zero attached hydrogens (tertiary/aromatic N) is 1. The van der Waals surface area contributed by atoms with Crippen molar-refractivity contribution in [1.82, 2.24) is 4.90 Å². The fourth-order valence-corrected chi connectivity index (χ4v) is 3.26. The van der Waals surface area contributed by atoms with Crippen LogP contribution in [0.2, 0.25) is 0 Å². The molecule has 0 aliphatic heterocycles. The molecule has 7 heteroatoms. The molecule has 0 aromatic heterocycles. The maximum atomic E-state index is 13.8. The number of aliphatic hydroxyl groups is 1. The zero-order valence-electron chi connectivity index (χ0n) is 14.7. The Bertz CT molecular complexity index is 797. The average Bonchev–Trinajstić information content (AvgIpc) is 3.46. The molecule has 1 fully saturated rings. The predicted molar refractivity (Wildman–Crippen MR) is 103 cm³/mol. The molecule has 3 rings (SSSR count). The third-order valence-electron chi connectivity index (χ3n) is 4.56. The Kier molecular flexibility index (Phi) is 6.57. The van der Waals surface area contributed by atoms with Crippen molar-refractivity contribution in [2.45, 2.75) is 31.4 Å². The van der Waals surface area contributed by atoms with Crippen LogP contribution >= 0.6 is 15.9 Å². The number of anilines is 1. The first-order chi connectivity index (χ1) is 12.9. The molecule has 1 atom stereocenters. The molecule has 1 aliphatic carbocycles. The fourth-order valence-electron chi connectivity index (χ4n) is 2.92. The smallest absolute Gasteiger partial charge is 0.225 e. The van der Waals surface area contributed by atoms with Gasteiger partial charge in [0.1, 0.15) is 11.6 Å². The summed E-state index contributed by atoms with van der Waals surface area (Å²) in [5.74, 6) is -1.12. The van der Waals surface area contributed by atoms with E-state index in [1.54, 1.807) is 18.2 Å². The van der Waals surface area contributed by atoms with Crippen LogP contribution in [0.3, 0.4) is 0 Å². The summed E-state index contributed by atoms with van der Waals surface area (Å²) in [7, 11) is 0. The van der Waals surface area contributed by atoms with Crippen LogP contribution in [0.15, 0.2) is 46.9 Å². The predicted octanol–water partition coefficient (Wildman–Crippen LogP) is 4.25. The third kappa shape index (κ3) is 5.82. The first-order valence-corrected chi connectivity index (χ1v) is 9.64. The zero-order valence-corrected chi connectivity index (χ0v) is 16.3. The summed E-state index contributed by atoms with van der Waals surface area (Å²) in [6, 6.07) is 10.6. The Balaban J connectivity index is 1.53. The summed E-state index contributed by atoms with van der Waals surface area (Å²) < 4.78 is 27.4. The average molecular weight is 439 g/mol. The van der Waals surface area contributed by atoms with E-state index in [2.05, 4.69) is 26.1 Å². The molecule has 0 radical (unpaired) electrons. The van der Waals surface area contributed by atoms with Crippen molar-refractivity contribution in [2.75, 3.05) is 18.4 Å². The number of carbonyl (C=O) groups excluding carboxylic acids is 1. The van der Waals surface area contributed by atoms with Gasteiger partial charge in [0.25, 0.3) is 0 Å². The van der Waals surface area contributed by atoms with Crippen molar-refractivity contribution in [2.24, 2.45) is 0 Å². The maximum Gasteiger partial charge on any atom is 0.225 e. The van der Waals surface area contributed by atoms with E-state index in [0.29, 0.717) is 29.2 Å². The van der Waals surface area contributed by atoms with Gasteiger partial charge < -0.3 is 10.4 Å². The molecule has 27 heavy (non-hydrogen) atoms. The highest BCUT2D eigenvalue weighted by Gasteiger charge is 2.30. The van der Waals surface area contributed by atoms with Gasteiger partial charge in [0.2, 0.25) is 5.91 Å². The lowest BCUT2D eigenvalue weighted by Crippen LogP contribution is -2.33. The minimum Gasteiger partial charge on any atom is -0.387 e. The van der Waals surface area contributed by atoms with E-state index < -0.39 is 11.9 Å². The molecule has 0 heterocycles.